The number of ketones is 1. The molecule has 0 unspecified atom stereocenters. The van der Waals surface area contributed by atoms with Crippen molar-refractivity contribution >= 4 is 23.1 Å². The normalized spacial score (nSPS) is 11.3. The third-order valence-electron chi connectivity index (χ3n) is 2.86. The largest absolute Gasteiger partial charge is 0.502 e. The van der Waals surface area contributed by atoms with Gasteiger partial charge in [0.25, 0.3) is 0 Å². The van der Waals surface area contributed by atoms with Crippen molar-refractivity contribution in [2.24, 2.45) is 0 Å². The summed E-state index contributed by atoms with van der Waals surface area (Å²) in [5.74, 6) is -2.47. The number of esters is 1. The van der Waals surface area contributed by atoms with Crippen LogP contribution in [-0.2, 0) is 16.0 Å². The molecule has 0 fully saturated rings. The van der Waals surface area contributed by atoms with E-state index in [0.29, 0.717) is 11.3 Å². The lowest BCUT2D eigenvalue weighted by molar-refractivity contribution is -0.139. The third kappa shape index (κ3) is 4.02. The molecule has 1 N–H and O–H groups in total. The van der Waals surface area contributed by atoms with Gasteiger partial charge in [-0.05, 0) is 29.8 Å². The third-order valence-corrected chi connectivity index (χ3v) is 3.96. The Bertz CT molecular complexity index is 716. The van der Waals surface area contributed by atoms with E-state index in [2.05, 4.69) is 4.74 Å². The van der Waals surface area contributed by atoms with Gasteiger partial charge in [-0.2, -0.15) is 0 Å². The van der Waals surface area contributed by atoms with Crippen LogP contribution in [0.4, 0.5) is 4.39 Å². The number of ether oxygens (including phenoxy) is 1. The summed E-state index contributed by atoms with van der Waals surface area (Å²) < 4.78 is 17.1. The smallest absolute Gasteiger partial charge is 0.373 e. The molecule has 1 heterocycles. The van der Waals surface area contributed by atoms with E-state index in [-0.39, 0.29) is 5.82 Å². The van der Waals surface area contributed by atoms with Crippen molar-refractivity contribution in [3.05, 3.63) is 69.4 Å². The summed E-state index contributed by atoms with van der Waals surface area (Å²) in [5, 5.41) is 9.35. The Kier molecular flexibility index (Phi) is 5.06. The molecule has 1 aromatic heterocycles. The second kappa shape index (κ2) is 7.00. The average Bonchev–Trinajstić information content (AvgIpc) is 2.97. The Hall–Kier alpha value is -2.47. The van der Waals surface area contributed by atoms with Crippen molar-refractivity contribution in [2.45, 2.75) is 6.42 Å². The van der Waals surface area contributed by atoms with E-state index in [1.807, 2.05) is 0 Å². The number of halogens is 1. The van der Waals surface area contributed by atoms with Gasteiger partial charge in [0.1, 0.15) is 5.82 Å². The first-order valence-electron chi connectivity index (χ1n) is 6.36. The van der Waals surface area contributed by atoms with E-state index in [1.165, 1.54) is 23.5 Å². The fourth-order valence-corrected chi connectivity index (χ4v) is 2.72. The fraction of sp³-hybridized carbons (Fsp3) is 0.125. The molecule has 0 saturated heterocycles. The molecule has 0 radical (unpaired) electrons. The number of aliphatic hydroxyl groups is 1. The minimum atomic E-state index is -0.962. The number of hydrogen-bond donors (Lipinski definition) is 1. The van der Waals surface area contributed by atoms with E-state index >= 15 is 0 Å². The van der Waals surface area contributed by atoms with E-state index in [4.69, 9.17) is 0 Å². The molecular formula is C16H13FO4S. The molecule has 0 aliphatic heterocycles. The summed E-state index contributed by atoms with van der Waals surface area (Å²) in [6, 6.07) is 9.52. The predicted molar refractivity (Wildman–Crippen MR) is 80.6 cm³/mol. The number of thiophene rings is 1. The summed E-state index contributed by atoms with van der Waals surface area (Å²) in [4.78, 5) is 24.2. The number of methoxy groups -OCH3 is 1. The minimum Gasteiger partial charge on any atom is -0.502 e. The quantitative estimate of drug-likeness (QED) is 0.397. The molecule has 0 aliphatic rings. The first-order chi connectivity index (χ1) is 10.5. The lowest BCUT2D eigenvalue weighted by Gasteiger charge is -1.98. The summed E-state index contributed by atoms with van der Waals surface area (Å²) in [5.41, 5.74) is 0.926. The standard InChI is InChI=1S/C16H13FO4S/c1-21-16(20)14(19)9-13(18)15-7-6-12(22-15)8-10-2-4-11(17)5-3-10/h2-7,9,19H,8H2,1H3. The van der Waals surface area contributed by atoms with Crippen LogP contribution in [0.25, 0.3) is 0 Å². The number of carbonyl (C=O) groups excluding carboxylic acids is 2. The van der Waals surface area contributed by atoms with Gasteiger partial charge in [-0.3, -0.25) is 4.79 Å². The molecule has 4 nitrogen and oxygen atoms in total. The highest BCUT2D eigenvalue weighted by atomic mass is 32.1. The van der Waals surface area contributed by atoms with Crippen molar-refractivity contribution < 1.29 is 23.8 Å². The molecule has 22 heavy (non-hydrogen) atoms. The lowest BCUT2D eigenvalue weighted by atomic mass is 10.1. The van der Waals surface area contributed by atoms with E-state index in [1.54, 1.807) is 24.3 Å². The molecule has 0 spiro atoms. The molecule has 1 aromatic carbocycles. The van der Waals surface area contributed by atoms with Gasteiger partial charge < -0.3 is 9.84 Å². The molecule has 0 atom stereocenters. The highest BCUT2D eigenvalue weighted by Gasteiger charge is 2.13. The lowest BCUT2D eigenvalue weighted by Crippen LogP contribution is -2.06. The van der Waals surface area contributed by atoms with Crippen LogP contribution < -0.4 is 0 Å². The molecule has 6 heteroatoms. The van der Waals surface area contributed by atoms with Crippen molar-refractivity contribution in [3.63, 3.8) is 0 Å². The minimum absolute atomic E-state index is 0.297. The van der Waals surface area contributed by atoms with Crippen LogP contribution in [0, 0.1) is 5.82 Å². The Balaban J connectivity index is 2.09. The Morgan fingerprint density at radius 1 is 1.23 bits per heavy atom. The zero-order valence-corrected chi connectivity index (χ0v) is 12.5. The van der Waals surface area contributed by atoms with Crippen LogP contribution in [0.3, 0.4) is 0 Å². The molecule has 2 rings (SSSR count). The van der Waals surface area contributed by atoms with Crippen LogP contribution in [0.5, 0.6) is 0 Å². The van der Waals surface area contributed by atoms with Gasteiger partial charge in [-0.1, -0.05) is 12.1 Å². The van der Waals surface area contributed by atoms with E-state index in [9.17, 15) is 19.1 Å². The first-order valence-corrected chi connectivity index (χ1v) is 7.17. The molecule has 0 bridgehead atoms. The van der Waals surface area contributed by atoms with Crippen LogP contribution >= 0.6 is 11.3 Å². The molecule has 114 valence electrons. The van der Waals surface area contributed by atoms with Crippen molar-refractivity contribution in [1.82, 2.24) is 0 Å². The molecular weight excluding hydrogens is 307 g/mol. The van der Waals surface area contributed by atoms with Gasteiger partial charge >= 0.3 is 5.97 Å². The maximum absolute atomic E-state index is 12.8. The van der Waals surface area contributed by atoms with Crippen LogP contribution in [-0.4, -0.2) is 24.0 Å². The molecule has 0 saturated carbocycles. The SMILES string of the molecule is COC(=O)C(O)=CC(=O)c1ccc(Cc2ccc(F)cc2)s1. The number of benzene rings is 1. The number of carbonyl (C=O) groups is 2. The van der Waals surface area contributed by atoms with Gasteiger partial charge in [0.05, 0.1) is 12.0 Å². The highest BCUT2D eigenvalue weighted by molar-refractivity contribution is 7.14. The first kappa shape index (κ1) is 15.9. The number of aliphatic hydroxyl groups excluding tert-OH is 1. The topological polar surface area (TPSA) is 63.6 Å². The fourth-order valence-electron chi connectivity index (χ4n) is 1.77. The number of allylic oxidation sites excluding steroid dienone is 1. The zero-order chi connectivity index (χ0) is 16.1. The van der Waals surface area contributed by atoms with Gasteiger partial charge in [-0.15, -0.1) is 11.3 Å². The van der Waals surface area contributed by atoms with Crippen molar-refractivity contribution in [1.29, 1.82) is 0 Å². The summed E-state index contributed by atoms with van der Waals surface area (Å²) in [6.07, 6.45) is 1.41. The van der Waals surface area contributed by atoms with Crippen LogP contribution in [0.2, 0.25) is 0 Å². The molecule has 0 aliphatic carbocycles. The second-order valence-electron chi connectivity index (χ2n) is 4.45. The van der Waals surface area contributed by atoms with E-state index < -0.39 is 17.5 Å². The molecule has 2 aromatic rings. The second-order valence-corrected chi connectivity index (χ2v) is 5.62. The summed E-state index contributed by atoms with van der Waals surface area (Å²) in [7, 11) is 1.11. The average molecular weight is 320 g/mol. The van der Waals surface area contributed by atoms with Gasteiger partial charge in [0.15, 0.2) is 5.78 Å². The summed E-state index contributed by atoms with van der Waals surface area (Å²) in [6.45, 7) is 0. The summed E-state index contributed by atoms with van der Waals surface area (Å²) >= 11 is 1.25. The molecule has 0 amide bonds. The Labute approximate surface area is 130 Å². The van der Waals surface area contributed by atoms with Crippen LogP contribution in [0.1, 0.15) is 20.1 Å². The Morgan fingerprint density at radius 2 is 1.91 bits per heavy atom. The Morgan fingerprint density at radius 3 is 2.55 bits per heavy atom. The van der Waals surface area contributed by atoms with Crippen molar-refractivity contribution in [2.75, 3.05) is 7.11 Å². The zero-order valence-electron chi connectivity index (χ0n) is 11.7. The van der Waals surface area contributed by atoms with Crippen molar-refractivity contribution in [3.8, 4) is 0 Å². The van der Waals surface area contributed by atoms with Gasteiger partial charge in [-0.25, -0.2) is 9.18 Å². The van der Waals surface area contributed by atoms with Gasteiger partial charge in [0.2, 0.25) is 5.76 Å². The number of hydrogen-bond acceptors (Lipinski definition) is 5. The maximum Gasteiger partial charge on any atom is 0.373 e. The van der Waals surface area contributed by atoms with Gasteiger partial charge in [0, 0.05) is 17.4 Å². The highest BCUT2D eigenvalue weighted by Crippen LogP contribution is 2.21. The number of rotatable bonds is 5. The van der Waals surface area contributed by atoms with E-state index in [0.717, 1.165) is 23.6 Å². The van der Waals surface area contributed by atoms with Crippen LogP contribution in [0.15, 0.2) is 48.2 Å². The maximum atomic E-state index is 12.8. The monoisotopic (exact) mass is 320 g/mol. The predicted octanol–water partition coefficient (Wildman–Crippen LogP) is 3.28.